The van der Waals surface area contributed by atoms with Crippen LogP contribution in [0.15, 0.2) is 40.4 Å². The molecule has 0 unspecified atom stereocenters. The van der Waals surface area contributed by atoms with E-state index in [2.05, 4.69) is 4.98 Å². The molecule has 0 aliphatic heterocycles. The number of rotatable bonds is 4. The Kier molecular flexibility index (Phi) is 4.39. The number of hydrogen-bond donors (Lipinski definition) is 1. The number of aromatic carboxylic acids is 1. The second-order valence-corrected chi connectivity index (χ2v) is 5.25. The van der Waals surface area contributed by atoms with E-state index in [9.17, 15) is 19.3 Å². The van der Waals surface area contributed by atoms with Crippen molar-refractivity contribution in [2.24, 2.45) is 0 Å². The maximum atomic E-state index is 13.3. The summed E-state index contributed by atoms with van der Waals surface area (Å²) >= 11 is 6.50. The van der Waals surface area contributed by atoms with E-state index in [0.717, 1.165) is 30.1 Å². The number of carbonyl (C=O) groups is 1. The Morgan fingerprint density at radius 2 is 2.14 bits per heavy atom. The fourth-order valence-electron chi connectivity index (χ4n) is 1.42. The van der Waals surface area contributed by atoms with Crippen molar-refractivity contribution in [3.05, 3.63) is 57.0 Å². The third-order valence-corrected chi connectivity index (χ3v) is 3.68. The predicted octanol–water partition coefficient (Wildman–Crippen LogP) is 3.63. The molecule has 0 atom stereocenters. The van der Waals surface area contributed by atoms with E-state index in [1.807, 2.05) is 0 Å². The van der Waals surface area contributed by atoms with E-state index in [4.69, 9.17) is 16.7 Å². The minimum absolute atomic E-state index is 0.00834. The van der Waals surface area contributed by atoms with Crippen LogP contribution in [-0.4, -0.2) is 21.0 Å². The smallest absolute Gasteiger partial charge is 0.337 e. The molecule has 0 saturated carbocycles. The molecular weight excluding hydrogens is 323 g/mol. The lowest BCUT2D eigenvalue weighted by Crippen LogP contribution is -1.97. The maximum Gasteiger partial charge on any atom is 0.337 e. The van der Waals surface area contributed by atoms with Crippen molar-refractivity contribution >= 4 is 35.0 Å². The van der Waals surface area contributed by atoms with Gasteiger partial charge in [0.2, 0.25) is 0 Å². The van der Waals surface area contributed by atoms with Crippen LogP contribution in [0.4, 0.5) is 10.1 Å². The number of carboxylic acids is 1. The number of aromatic nitrogens is 1. The first-order valence-electron chi connectivity index (χ1n) is 5.39. The zero-order valence-corrected chi connectivity index (χ0v) is 11.7. The van der Waals surface area contributed by atoms with Crippen molar-refractivity contribution in [3.8, 4) is 0 Å². The topological polar surface area (TPSA) is 93.3 Å². The van der Waals surface area contributed by atoms with E-state index >= 15 is 0 Å². The van der Waals surface area contributed by atoms with Crippen LogP contribution in [0, 0.1) is 15.9 Å². The predicted molar refractivity (Wildman–Crippen MR) is 73.4 cm³/mol. The Labute approximate surface area is 126 Å². The summed E-state index contributed by atoms with van der Waals surface area (Å²) in [5, 5.41) is 19.7. The van der Waals surface area contributed by atoms with Gasteiger partial charge in [0.15, 0.2) is 0 Å². The Hall–Kier alpha value is -2.19. The standard InChI is InChI=1S/C12H6ClFN2O4S/c13-7-3-10(9(16(19)20)4-8(7)14)21-11-2-1-6(5-15-11)12(17)18/h1-5H,(H,17,18). The number of nitro benzene ring substituents is 1. The Bertz CT molecular complexity index is 724. The van der Waals surface area contributed by atoms with Crippen molar-refractivity contribution < 1.29 is 19.2 Å². The minimum Gasteiger partial charge on any atom is -0.478 e. The first-order chi connectivity index (χ1) is 9.88. The van der Waals surface area contributed by atoms with Crippen LogP contribution in [0.5, 0.6) is 0 Å². The van der Waals surface area contributed by atoms with Crippen molar-refractivity contribution in [2.75, 3.05) is 0 Å². The molecule has 0 bridgehead atoms. The third-order valence-electron chi connectivity index (χ3n) is 2.40. The monoisotopic (exact) mass is 328 g/mol. The van der Waals surface area contributed by atoms with Crippen molar-refractivity contribution in [1.29, 1.82) is 0 Å². The number of nitrogens with zero attached hydrogens (tertiary/aromatic N) is 2. The van der Waals surface area contributed by atoms with Gasteiger partial charge < -0.3 is 5.11 Å². The molecule has 0 radical (unpaired) electrons. The van der Waals surface area contributed by atoms with Crippen LogP contribution in [0.2, 0.25) is 5.02 Å². The lowest BCUT2D eigenvalue weighted by Gasteiger charge is -2.04. The van der Waals surface area contributed by atoms with Crippen molar-refractivity contribution in [1.82, 2.24) is 4.98 Å². The average Bonchev–Trinajstić information content (AvgIpc) is 2.43. The van der Waals surface area contributed by atoms with E-state index < -0.39 is 22.4 Å². The van der Waals surface area contributed by atoms with E-state index in [0.29, 0.717) is 5.03 Å². The second-order valence-electron chi connectivity index (χ2n) is 3.78. The number of benzene rings is 1. The van der Waals surface area contributed by atoms with Crippen LogP contribution < -0.4 is 0 Å². The summed E-state index contributed by atoms with van der Waals surface area (Å²) in [6.07, 6.45) is 1.13. The normalized spacial score (nSPS) is 10.4. The summed E-state index contributed by atoms with van der Waals surface area (Å²) in [6, 6.07) is 4.58. The first-order valence-corrected chi connectivity index (χ1v) is 6.58. The van der Waals surface area contributed by atoms with Crippen LogP contribution in [0.25, 0.3) is 0 Å². The number of pyridine rings is 1. The van der Waals surface area contributed by atoms with Crippen LogP contribution in [-0.2, 0) is 0 Å². The molecule has 0 aliphatic rings. The van der Waals surface area contributed by atoms with Crippen molar-refractivity contribution in [2.45, 2.75) is 9.92 Å². The van der Waals surface area contributed by atoms with Crippen LogP contribution in [0.1, 0.15) is 10.4 Å². The number of halogens is 2. The molecule has 2 aromatic rings. The highest BCUT2D eigenvalue weighted by atomic mass is 35.5. The zero-order chi connectivity index (χ0) is 15.6. The lowest BCUT2D eigenvalue weighted by molar-refractivity contribution is -0.387. The van der Waals surface area contributed by atoms with E-state index in [1.165, 1.54) is 12.1 Å². The molecule has 2 rings (SSSR count). The quantitative estimate of drug-likeness (QED) is 0.680. The van der Waals surface area contributed by atoms with Gasteiger partial charge in [0, 0.05) is 6.20 Å². The van der Waals surface area contributed by atoms with E-state index in [-0.39, 0.29) is 15.5 Å². The molecule has 21 heavy (non-hydrogen) atoms. The van der Waals surface area contributed by atoms with E-state index in [1.54, 1.807) is 0 Å². The first kappa shape index (κ1) is 15.2. The summed E-state index contributed by atoms with van der Waals surface area (Å²) < 4.78 is 13.3. The highest BCUT2D eigenvalue weighted by molar-refractivity contribution is 7.99. The molecule has 6 nitrogen and oxygen atoms in total. The summed E-state index contributed by atoms with van der Waals surface area (Å²) in [5.74, 6) is -2.02. The van der Waals surface area contributed by atoms with Gasteiger partial charge in [-0.2, -0.15) is 0 Å². The minimum atomic E-state index is -1.13. The molecule has 9 heteroatoms. The summed E-state index contributed by atoms with van der Waals surface area (Å²) in [7, 11) is 0. The molecule has 0 saturated heterocycles. The van der Waals surface area contributed by atoms with Gasteiger partial charge in [-0.05, 0) is 18.2 Å². The largest absolute Gasteiger partial charge is 0.478 e. The van der Waals surface area contributed by atoms with Crippen LogP contribution >= 0.6 is 23.4 Å². The molecule has 0 fully saturated rings. The maximum absolute atomic E-state index is 13.3. The fraction of sp³-hybridized carbons (Fsp3) is 0. The van der Waals surface area contributed by atoms with Gasteiger partial charge in [0.25, 0.3) is 5.69 Å². The second kappa shape index (κ2) is 6.06. The Morgan fingerprint density at radius 3 is 2.67 bits per heavy atom. The molecule has 1 aromatic carbocycles. The molecule has 108 valence electrons. The Morgan fingerprint density at radius 1 is 1.43 bits per heavy atom. The fourth-order valence-corrected chi connectivity index (χ4v) is 2.53. The van der Waals surface area contributed by atoms with Gasteiger partial charge in [-0.1, -0.05) is 23.4 Å². The highest BCUT2D eigenvalue weighted by Crippen LogP contribution is 2.36. The zero-order valence-electron chi connectivity index (χ0n) is 10.1. The molecule has 1 heterocycles. The number of nitro groups is 1. The molecule has 1 aromatic heterocycles. The van der Waals surface area contributed by atoms with Gasteiger partial charge >= 0.3 is 5.97 Å². The highest BCUT2D eigenvalue weighted by Gasteiger charge is 2.19. The summed E-state index contributed by atoms with van der Waals surface area (Å²) in [4.78, 5) is 24.9. The molecule has 1 N–H and O–H groups in total. The number of carboxylic acid groups (broad SMARTS) is 1. The number of hydrogen-bond acceptors (Lipinski definition) is 5. The SMILES string of the molecule is O=C(O)c1ccc(Sc2cc(Cl)c(F)cc2[N+](=O)[O-])nc1. The summed E-state index contributed by atoms with van der Waals surface area (Å²) in [6.45, 7) is 0. The molecule has 0 amide bonds. The van der Waals surface area contributed by atoms with Gasteiger partial charge in [-0.3, -0.25) is 10.1 Å². The lowest BCUT2D eigenvalue weighted by atomic mass is 10.3. The van der Waals surface area contributed by atoms with Gasteiger partial charge in [-0.25, -0.2) is 14.2 Å². The van der Waals surface area contributed by atoms with Gasteiger partial charge in [0.1, 0.15) is 10.8 Å². The van der Waals surface area contributed by atoms with Crippen molar-refractivity contribution in [3.63, 3.8) is 0 Å². The molecule has 0 spiro atoms. The molecule has 0 aliphatic carbocycles. The molecular formula is C12H6ClFN2O4S. The van der Waals surface area contributed by atoms with Crippen LogP contribution in [0.3, 0.4) is 0 Å². The summed E-state index contributed by atoms with van der Waals surface area (Å²) in [5.41, 5.74) is -0.447. The van der Waals surface area contributed by atoms with Gasteiger partial charge in [0.05, 0.1) is 26.5 Å². The average molecular weight is 329 g/mol. The van der Waals surface area contributed by atoms with Gasteiger partial charge in [-0.15, -0.1) is 0 Å². The Balaban J connectivity index is 2.36. The third kappa shape index (κ3) is 3.47.